The molecule has 0 atom stereocenters. The standard InChI is InChI=1S/C8H16Si/c1-8(2,3)6-5-7-9-4/h6,9H2,1-4H3. The van der Waals surface area contributed by atoms with Crippen LogP contribution in [0.5, 0.6) is 0 Å². The summed E-state index contributed by atoms with van der Waals surface area (Å²) in [6.45, 7) is 8.88. The van der Waals surface area contributed by atoms with Crippen molar-refractivity contribution < 1.29 is 0 Å². The zero-order valence-corrected chi connectivity index (χ0v) is 8.33. The summed E-state index contributed by atoms with van der Waals surface area (Å²) < 4.78 is 0. The van der Waals surface area contributed by atoms with Crippen LogP contribution in [0.4, 0.5) is 0 Å². The van der Waals surface area contributed by atoms with Gasteiger partial charge in [-0.25, -0.2) is 0 Å². The van der Waals surface area contributed by atoms with E-state index in [1.165, 1.54) is 0 Å². The number of rotatable bonds is 0. The molecular weight excluding hydrogens is 124 g/mol. The van der Waals surface area contributed by atoms with E-state index < -0.39 is 0 Å². The van der Waals surface area contributed by atoms with Gasteiger partial charge in [-0.2, -0.15) is 0 Å². The van der Waals surface area contributed by atoms with Gasteiger partial charge in [-0.3, -0.25) is 0 Å². The first-order valence-electron chi connectivity index (χ1n) is 3.52. The molecule has 0 radical (unpaired) electrons. The van der Waals surface area contributed by atoms with E-state index in [-0.39, 0.29) is 9.52 Å². The Morgan fingerprint density at radius 1 is 1.33 bits per heavy atom. The molecular formula is C8H16Si. The third kappa shape index (κ3) is 7.78. The highest BCUT2D eigenvalue weighted by Gasteiger charge is 2.05. The van der Waals surface area contributed by atoms with Gasteiger partial charge in [-0.1, -0.05) is 27.3 Å². The van der Waals surface area contributed by atoms with Gasteiger partial charge in [-0.05, 0) is 5.41 Å². The highest BCUT2D eigenvalue weighted by atomic mass is 28.2. The molecule has 0 aromatic rings. The van der Waals surface area contributed by atoms with E-state index >= 15 is 0 Å². The lowest BCUT2D eigenvalue weighted by atomic mass is 9.93. The van der Waals surface area contributed by atoms with Gasteiger partial charge in [0.15, 0.2) is 0 Å². The second-order valence-corrected chi connectivity index (χ2v) is 4.51. The lowest BCUT2D eigenvalue weighted by molar-refractivity contribution is 0.428. The summed E-state index contributed by atoms with van der Waals surface area (Å²) in [5, 5.41) is 0. The SMILES string of the molecule is C[SiH2]C#CCC(C)(C)C. The summed E-state index contributed by atoms with van der Waals surface area (Å²) in [6, 6.07) is 0. The van der Waals surface area contributed by atoms with Crippen molar-refractivity contribution in [2.24, 2.45) is 5.41 Å². The summed E-state index contributed by atoms with van der Waals surface area (Å²) in [6.07, 6.45) is 1.05. The lowest BCUT2D eigenvalue weighted by Gasteiger charge is -2.12. The van der Waals surface area contributed by atoms with Crippen LogP contribution in [0, 0.1) is 16.9 Å². The van der Waals surface area contributed by atoms with Crippen LogP contribution < -0.4 is 0 Å². The molecule has 0 N–H and O–H groups in total. The van der Waals surface area contributed by atoms with E-state index in [1.807, 2.05) is 0 Å². The highest BCUT2D eigenvalue weighted by molar-refractivity contribution is 6.44. The molecule has 0 unspecified atom stereocenters. The van der Waals surface area contributed by atoms with Gasteiger partial charge >= 0.3 is 0 Å². The Balaban J connectivity index is 3.50. The molecule has 0 amide bonds. The molecule has 1 heteroatoms. The summed E-state index contributed by atoms with van der Waals surface area (Å²) in [4.78, 5) is 0. The van der Waals surface area contributed by atoms with Crippen LogP contribution >= 0.6 is 0 Å². The van der Waals surface area contributed by atoms with Crippen molar-refractivity contribution in [3.8, 4) is 11.5 Å². The van der Waals surface area contributed by atoms with Gasteiger partial charge in [0.1, 0.15) is 9.52 Å². The Morgan fingerprint density at radius 2 is 1.89 bits per heavy atom. The molecule has 0 aliphatic rings. The molecule has 9 heavy (non-hydrogen) atoms. The summed E-state index contributed by atoms with van der Waals surface area (Å²) in [5.41, 5.74) is 3.59. The molecule has 0 fully saturated rings. The maximum Gasteiger partial charge on any atom is 0.104 e. The molecule has 52 valence electrons. The fourth-order valence-electron chi connectivity index (χ4n) is 0.453. The van der Waals surface area contributed by atoms with Crippen molar-refractivity contribution in [1.82, 2.24) is 0 Å². The Labute approximate surface area is 60.9 Å². The second kappa shape index (κ2) is 3.74. The van der Waals surface area contributed by atoms with Gasteiger partial charge in [0.05, 0.1) is 0 Å². The van der Waals surface area contributed by atoms with Gasteiger partial charge < -0.3 is 0 Å². The average Bonchev–Trinajstić information content (AvgIpc) is 1.63. The third-order valence-electron chi connectivity index (χ3n) is 0.920. The number of hydrogen-bond acceptors (Lipinski definition) is 0. The average molecular weight is 140 g/mol. The molecule has 0 heterocycles. The molecule has 0 saturated heterocycles. The normalized spacial score (nSPS) is 11.6. The predicted octanol–water partition coefficient (Wildman–Crippen LogP) is 1.60. The molecule has 0 saturated carbocycles. The zero-order chi connectivity index (χ0) is 7.33. The largest absolute Gasteiger partial charge is 0.140 e. The van der Waals surface area contributed by atoms with Crippen LogP contribution in [-0.2, 0) is 0 Å². The van der Waals surface area contributed by atoms with Crippen LogP contribution in [0.2, 0.25) is 6.55 Å². The Hall–Kier alpha value is -0.223. The van der Waals surface area contributed by atoms with Crippen LogP contribution in [0.15, 0.2) is 0 Å². The fraction of sp³-hybridized carbons (Fsp3) is 0.750. The molecule has 0 rings (SSSR count). The quantitative estimate of drug-likeness (QED) is 0.354. The van der Waals surface area contributed by atoms with Crippen LogP contribution in [0.1, 0.15) is 27.2 Å². The minimum Gasteiger partial charge on any atom is -0.140 e. The van der Waals surface area contributed by atoms with E-state index in [9.17, 15) is 0 Å². The van der Waals surface area contributed by atoms with Crippen molar-refractivity contribution in [1.29, 1.82) is 0 Å². The van der Waals surface area contributed by atoms with Gasteiger partial charge in [0.25, 0.3) is 0 Å². The maximum atomic E-state index is 3.19. The van der Waals surface area contributed by atoms with Crippen molar-refractivity contribution in [2.75, 3.05) is 0 Å². The molecule has 0 aromatic carbocycles. The first-order valence-corrected chi connectivity index (χ1v) is 5.64. The van der Waals surface area contributed by atoms with E-state index in [0.29, 0.717) is 5.41 Å². The molecule has 0 aliphatic heterocycles. The molecule has 0 aliphatic carbocycles. The first-order chi connectivity index (χ1) is 4.06. The first kappa shape index (κ1) is 8.78. The van der Waals surface area contributed by atoms with Crippen molar-refractivity contribution >= 4 is 9.52 Å². The molecule has 0 bridgehead atoms. The lowest BCUT2D eigenvalue weighted by Crippen LogP contribution is -2.02. The minimum atomic E-state index is -0.0161. The summed E-state index contributed by atoms with van der Waals surface area (Å²) in [7, 11) is -0.0161. The summed E-state index contributed by atoms with van der Waals surface area (Å²) >= 11 is 0. The van der Waals surface area contributed by atoms with Crippen molar-refractivity contribution in [3.05, 3.63) is 0 Å². The molecule has 0 aromatic heterocycles. The van der Waals surface area contributed by atoms with E-state index in [4.69, 9.17) is 0 Å². The summed E-state index contributed by atoms with van der Waals surface area (Å²) in [5.74, 6) is 3.19. The second-order valence-electron chi connectivity index (χ2n) is 3.44. The van der Waals surface area contributed by atoms with Crippen LogP contribution in [0.3, 0.4) is 0 Å². The van der Waals surface area contributed by atoms with Crippen LogP contribution in [-0.4, -0.2) is 9.52 Å². The number of hydrogen-bond donors (Lipinski definition) is 0. The Morgan fingerprint density at radius 3 is 2.22 bits per heavy atom. The van der Waals surface area contributed by atoms with Crippen molar-refractivity contribution in [2.45, 2.75) is 33.7 Å². The molecule has 0 spiro atoms. The van der Waals surface area contributed by atoms with Gasteiger partial charge in [-0.15, -0.1) is 11.5 Å². The Kier molecular flexibility index (Phi) is 3.64. The third-order valence-corrected chi connectivity index (χ3v) is 1.52. The smallest absolute Gasteiger partial charge is 0.104 e. The van der Waals surface area contributed by atoms with E-state index in [2.05, 4.69) is 38.8 Å². The molecule has 0 nitrogen and oxygen atoms in total. The minimum absolute atomic E-state index is 0.0161. The highest BCUT2D eigenvalue weighted by Crippen LogP contribution is 2.16. The van der Waals surface area contributed by atoms with Gasteiger partial charge in [0, 0.05) is 6.42 Å². The zero-order valence-electron chi connectivity index (χ0n) is 6.91. The topological polar surface area (TPSA) is 0 Å². The van der Waals surface area contributed by atoms with E-state index in [0.717, 1.165) is 6.42 Å². The van der Waals surface area contributed by atoms with Gasteiger partial charge in [0.2, 0.25) is 0 Å². The fourth-order valence-corrected chi connectivity index (χ4v) is 0.828. The Bertz CT molecular complexity index is 120. The maximum absolute atomic E-state index is 3.19. The van der Waals surface area contributed by atoms with Crippen LogP contribution in [0.25, 0.3) is 0 Å². The monoisotopic (exact) mass is 140 g/mol. The van der Waals surface area contributed by atoms with Crippen molar-refractivity contribution in [3.63, 3.8) is 0 Å². The van der Waals surface area contributed by atoms with E-state index in [1.54, 1.807) is 0 Å². The predicted molar refractivity (Wildman–Crippen MR) is 46.3 cm³/mol.